The Hall–Kier alpha value is -3.62. The SMILES string of the molecule is Cn1c(=O)c2nc(S(=O)(=O)CCC(=O)Nc3ccccc3OC(F)(F)F)n(C)c2n(C)c1=O. The highest BCUT2D eigenvalue weighted by Crippen LogP contribution is 2.30. The van der Waals surface area contributed by atoms with Crippen LogP contribution < -0.4 is 21.3 Å². The van der Waals surface area contributed by atoms with Gasteiger partial charge in [-0.25, -0.2) is 18.2 Å². The Morgan fingerprint density at radius 2 is 1.73 bits per heavy atom. The highest BCUT2D eigenvalue weighted by molar-refractivity contribution is 7.91. The van der Waals surface area contributed by atoms with E-state index in [0.29, 0.717) is 0 Å². The Morgan fingerprint density at radius 3 is 2.36 bits per heavy atom. The molecule has 1 aromatic carbocycles. The van der Waals surface area contributed by atoms with Gasteiger partial charge in [0.25, 0.3) is 5.56 Å². The molecule has 11 nitrogen and oxygen atoms in total. The molecule has 0 aliphatic carbocycles. The molecule has 0 saturated heterocycles. The zero-order valence-electron chi connectivity index (χ0n) is 17.5. The van der Waals surface area contributed by atoms with E-state index in [9.17, 15) is 36.0 Å². The maximum Gasteiger partial charge on any atom is 0.573 e. The molecule has 15 heteroatoms. The Labute approximate surface area is 183 Å². The number of benzene rings is 1. The maximum atomic E-state index is 12.8. The number of fused-ring (bicyclic) bond motifs is 1. The third-order valence-electron chi connectivity index (χ3n) is 4.69. The topological polar surface area (TPSA) is 134 Å². The molecule has 0 atom stereocenters. The van der Waals surface area contributed by atoms with E-state index in [-0.39, 0.29) is 16.9 Å². The number of para-hydroxylation sites is 2. The van der Waals surface area contributed by atoms with Gasteiger partial charge in [0.15, 0.2) is 16.9 Å². The number of aryl methyl sites for hydroxylation is 2. The van der Waals surface area contributed by atoms with E-state index in [4.69, 9.17) is 0 Å². The lowest BCUT2D eigenvalue weighted by atomic mass is 10.3. The molecule has 0 aliphatic rings. The van der Waals surface area contributed by atoms with Crippen LogP contribution in [0, 0.1) is 0 Å². The van der Waals surface area contributed by atoms with Gasteiger partial charge in [-0.15, -0.1) is 13.2 Å². The number of carbonyl (C=O) groups excluding carboxylic acids is 1. The molecule has 178 valence electrons. The van der Waals surface area contributed by atoms with Gasteiger partial charge < -0.3 is 14.6 Å². The van der Waals surface area contributed by atoms with Crippen molar-refractivity contribution in [2.45, 2.75) is 17.9 Å². The van der Waals surface area contributed by atoms with Gasteiger partial charge in [0, 0.05) is 27.6 Å². The Balaban J connectivity index is 1.84. The molecule has 0 unspecified atom stereocenters. The fraction of sp³-hybridized carbons (Fsp3) is 0.333. The van der Waals surface area contributed by atoms with Crippen LogP contribution in [-0.4, -0.2) is 45.1 Å². The molecule has 0 radical (unpaired) electrons. The average molecular weight is 489 g/mol. The van der Waals surface area contributed by atoms with Crippen LogP contribution in [0.25, 0.3) is 11.2 Å². The quantitative estimate of drug-likeness (QED) is 0.538. The van der Waals surface area contributed by atoms with Gasteiger partial charge in [0.2, 0.25) is 20.9 Å². The van der Waals surface area contributed by atoms with Crippen molar-refractivity contribution in [3.8, 4) is 5.75 Å². The highest BCUT2D eigenvalue weighted by atomic mass is 32.2. The molecular formula is C18H18F3N5O6S. The van der Waals surface area contributed by atoms with E-state index in [1.165, 1.54) is 33.3 Å². The molecule has 0 aliphatic heterocycles. The lowest BCUT2D eigenvalue weighted by Gasteiger charge is -2.13. The molecule has 3 rings (SSSR count). The van der Waals surface area contributed by atoms with Crippen molar-refractivity contribution in [3.63, 3.8) is 0 Å². The second-order valence-corrected chi connectivity index (χ2v) is 9.00. The van der Waals surface area contributed by atoms with Crippen molar-refractivity contribution >= 4 is 32.6 Å². The first-order valence-corrected chi connectivity index (χ1v) is 10.9. The first-order chi connectivity index (χ1) is 15.2. The number of hydrogen-bond acceptors (Lipinski definition) is 7. The smallest absolute Gasteiger partial charge is 0.404 e. The number of imidazole rings is 1. The second-order valence-electron chi connectivity index (χ2n) is 6.99. The van der Waals surface area contributed by atoms with E-state index in [2.05, 4.69) is 15.0 Å². The van der Waals surface area contributed by atoms with Gasteiger partial charge in [-0.2, -0.15) is 0 Å². The fourth-order valence-corrected chi connectivity index (χ4v) is 4.52. The zero-order chi connectivity index (χ0) is 24.7. The van der Waals surface area contributed by atoms with E-state index in [1.807, 2.05) is 0 Å². The predicted molar refractivity (Wildman–Crippen MR) is 110 cm³/mol. The van der Waals surface area contributed by atoms with Crippen molar-refractivity contribution < 1.29 is 31.1 Å². The summed E-state index contributed by atoms with van der Waals surface area (Å²) >= 11 is 0. The third-order valence-corrected chi connectivity index (χ3v) is 6.35. The van der Waals surface area contributed by atoms with Crippen molar-refractivity contribution in [2.75, 3.05) is 11.1 Å². The molecule has 2 heterocycles. The van der Waals surface area contributed by atoms with Crippen LogP contribution >= 0.6 is 0 Å². The molecule has 1 amide bonds. The molecule has 0 saturated carbocycles. The third kappa shape index (κ3) is 4.76. The summed E-state index contributed by atoms with van der Waals surface area (Å²) in [5.74, 6) is -2.31. The number of halogens is 3. The number of carbonyl (C=O) groups is 1. The minimum Gasteiger partial charge on any atom is -0.404 e. The van der Waals surface area contributed by atoms with Crippen LogP contribution in [0.15, 0.2) is 39.0 Å². The van der Waals surface area contributed by atoms with E-state index in [0.717, 1.165) is 25.8 Å². The zero-order valence-corrected chi connectivity index (χ0v) is 18.3. The fourth-order valence-electron chi connectivity index (χ4n) is 3.15. The number of hydrogen-bond donors (Lipinski definition) is 1. The van der Waals surface area contributed by atoms with Gasteiger partial charge in [-0.1, -0.05) is 12.1 Å². The number of nitrogens with zero attached hydrogens (tertiary/aromatic N) is 4. The van der Waals surface area contributed by atoms with Crippen molar-refractivity contribution in [3.05, 3.63) is 45.1 Å². The summed E-state index contributed by atoms with van der Waals surface area (Å²) in [6.45, 7) is 0. The lowest BCUT2D eigenvalue weighted by molar-refractivity contribution is -0.274. The normalized spacial score (nSPS) is 12.2. The Kier molecular flexibility index (Phi) is 6.10. The summed E-state index contributed by atoms with van der Waals surface area (Å²) in [5, 5.41) is 1.64. The monoisotopic (exact) mass is 489 g/mol. The van der Waals surface area contributed by atoms with Gasteiger partial charge >= 0.3 is 12.1 Å². The summed E-state index contributed by atoms with van der Waals surface area (Å²) in [6, 6.07) is 4.78. The van der Waals surface area contributed by atoms with E-state index >= 15 is 0 Å². The summed E-state index contributed by atoms with van der Waals surface area (Å²) in [5.41, 5.74) is -2.03. The standard InChI is InChI=1S/C18H18F3N5O6S/c1-24-14-13(15(28)26(3)17(29)25(14)2)23-16(24)33(30,31)9-8-12(27)22-10-6-4-5-7-11(10)32-18(19,20)21/h4-7H,8-9H2,1-3H3,(H,22,27). The number of sulfone groups is 1. The van der Waals surface area contributed by atoms with Crippen molar-refractivity contribution in [2.24, 2.45) is 21.1 Å². The van der Waals surface area contributed by atoms with Crippen LogP contribution in [0.3, 0.4) is 0 Å². The molecule has 2 aromatic heterocycles. The van der Waals surface area contributed by atoms with Gasteiger partial charge in [0.05, 0.1) is 11.4 Å². The van der Waals surface area contributed by atoms with E-state index < -0.39 is 56.4 Å². The van der Waals surface area contributed by atoms with Crippen molar-refractivity contribution in [1.29, 1.82) is 0 Å². The number of amides is 1. The lowest BCUT2D eigenvalue weighted by Crippen LogP contribution is -2.37. The number of alkyl halides is 3. The van der Waals surface area contributed by atoms with Gasteiger partial charge in [-0.05, 0) is 12.1 Å². The summed E-state index contributed by atoms with van der Waals surface area (Å²) in [6.07, 6.45) is -5.61. The second kappa shape index (κ2) is 8.38. The average Bonchev–Trinajstić information content (AvgIpc) is 3.08. The highest BCUT2D eigenvalue weighted by Gasteiger charge is 2.32. The summed E-state index contributed by atoms with van der Waals surface area (Å²) in [4.78, 5) is 40.5. The van der Waals surface area contributed by atoms with Gasteiger partial charge in [-0.3, -0.25) is 18.7 Å². The number of ether oxygens (including phenoxy) is 1. The molecule has 3 aromatic rings. The van der Waals surface area contributed by atoms with Crippen LogP contribution in [0.2, 0.25) is 0 Å². The molecule has 0 bridgehead atoms. The Morgan fingerprint density at radius 1 is 1.09 bits per heavy atom. The molecule has 0 fully saturated rings. The van der Waals surface area contributed by atoms with E-state index in [1.54, 1.807) is 0 Å². The van der Waals surface area contributed by atoms with Crippen LogP contribution in [0.4, 0.5) is 18.9 Å². The molecule has 0 spiro atoms. The summed E-state index contributed by atoms with van der Waals surface area (Å²) < 4.78 is 69.9. The summed E-state index contributed by atoms with van der Waals surface area (Å²) in [7, 11) is -0.361. The maximum absolute atomic E-state index is 12.8. The molecular weight excluding hydrogens is 471 g/mol. The van der Waals surface area contributed by atoms with Crippen LogP contribution in [0.1, 0.15) is 6.42 Å². The molecule has 33 heavy (non-hydrogen) atoms. The largest absolute Gasteiger partial charge is 0.573 e. The number of aromatic nitrogens is 4. The van der Waals surface area contributed by atoms with Crippen LogP contribution in [0.5, 0.6) is 5.75 Å². The minimum atomic E-state index is -4.98. The number of nitrogens with one attached hydrogen (secondary N) is 1. The molecule has 1 N–H and O–H groups in total. The van der Waals surface area contributed by atoms with Gasteiger partial charge in [0.1, 0.15) is 0 Å². The first kappa shape index (κ1) is 24.0. The predicted octanol–water partition coefficient (Wildman–Crippen LogP) is 0.672. The van der Waals surface area contributed by atoms with Crippen molar-refractivity contribution in [1.82, 2.24) is 18.7 Å². The minimum absolute atomic E-state index is 0.0237. The first-order valence-electron chi connectivity index (χ1n) is 9.23. The Bertz CT molecular complexity index is 1470. The van der Waals surface area contributed by atoms with Crippen LogP contribution in [-0.2, 0) is 35.8 Å². The number of rotatable bonds is 6. The number of anilines is 1.